The van der Waals surface area contributed by atoms with Gasteiger partial charge in [0.05, 0.1) is 24.2 Å². The topological polar surface area (TPSA) is 117 Å². The largest absolute Gasteiger partial charge is 0.466 e. The lowest BCUT2D eigenvalue weighted by Crippen LogP contribution is -2.42. The van der Waals surface area contributed by atoms with E-state index in [1.165, 1.54) is 0 Å². The van der Waals surface area contributed by atoms with Gasteiger partial charge >= 0.3 is 11.9 Å². The maximum absolute atomic E-state index is 12.9. The molecule has 9 heteroatoms. The Morgan fingerprint density at radius 2 is 1.44 bits per heavy atom. The number of benzene rings is 3. The highest BCUT2D eigenvalue weighted by molar-refractivity contribution is 5.97. The maximum Gasteiger partial charge on any atom is 0.328 e. The number of carbonyl (C=O) groups is 3. The minimum Gasteiger partial charge on any atom is -0.466 e. The number of hydrogen-bond donors (Lipinski definition) is 1. The fourth-order valence-electron chi connectivity index (χ4n) is 3.85. The second kappa shape index (κ2) is 13.1. The van der Waals surface area contributed by atoms with E-state index in [-0.39, 0.29) is 26.1 Å². The van der Waals surface area contributed by atoms with Gasteiger partial charge in [-0.1, -0.05) is 42.5 Å². The number of hydrogen-bond acceptors (Lipinski definition) is 8. The Morgan fingerprint density at radius 1 is 0.795 bits per heavy atom. The SMILES string of the molecule is CCOC(=O)CC[C@H](NC(=O)c1ccc(Oc2nc3ccccc3nc2-c2ccccc2)cc1)C(=O)OCC. The summed E-state index contributed by atoms with van der Waals surface area (Å²) in [5, 5.41) is 2.65. The fourth-order valence-corrected chi connectivity index (χ4v) is 3.85. The van der Waals surface area contributed by atoms with E-state index < -0.39 is 23.9 Å². The summed E-state index contributed by atoms with van der Waals surface area (Å²) in [5.74, 6) is -0.762. The van der Waals surface area contributed by atoms with E-state index in [9.17, 15) is 14.4 Å². The zero-order valence-corrected chi connectivity index (χ0v) is 21.8. The van der Waals surface area contributed by atoms with Gasteiger partial charge in [-0.3, -0.25) is 9.59 Å². The summed E-state index contributed by atoms with van der Waals surface area (Å²) in [7, 11) is 0. The highest BCUT2D eigenvalue weighted by Crippen LogP contribution is 2.32. The summed E-state index contributed by atoms with van der Waals surface area (Å²) < 4.78 is 16.1. The van der Waals surface area contributed by atoms with Gasteiger partial charge in [0.2, 0.25) is 5.88 Å². The summed E-state index contributed by atoms with van der Waals surface area (Å²) in [6.07, 6.45) is 0.0361. The van der Waals surface area contributed by atoms with Crippen molar-refractivity contribution in [3.05, 3.63) is 84.4 Å². The van der Waals surface area contributed by atoms with Crippen LogP contribution in [0.5, 0.6) is 11.6 Å². The molecule has 9 nitrogen and oxygen atoms in total. The Morgan fingerprint density at radius 3 is 2.10 bits per heavy atom. The van der Waals surface area contributed by atoms with Crippen LogP contribution in [0, 0.1) is 0 Å². The zero-order chi connectivity index (χ0) is 27.6. The second-order valence-electron chi connectivity index (χ2n) is 8.48. The van der Waals surface area contributed by atoms with E-state index in [1.54, 1.807) is 38.1 Å². The van der Waals surface area contributed by atoms with Crippen LogP contribution < -0.4 is 10.1 Å². The summed E-state index contributed by atoms with van der Waals surface area (Å²) >= 11 is 0. The summed E-state index contributed by atoms with van der Waals surface area (Å²) in [4.78, 5) is 46.4. The van der Waals surface area contributed by atoms with Crippen molar-refractivity contribution in [1.82, 2.24) is 15.3 Å². The lowest BCUT2D eigenvalue weighted by Gasteiger charge is -2.17. The minimum atomic E-state index is -0.987. The molecule has 39 heavy (non-hydrogen) atoms. The smallest absolute Gasteiger partial charge is 0.328 e. The first-order valence-corrected chi connectivity index (χ1v) is 12.7. The van der Waals surface area contributed by atoms with Crippen LogP contribution >= 0.6 is 0 Å². The fraction of sp³-hybridized carbons (Fsp3) is 0.233. The van der Waals surface area contributed by atoms with Gasteiger partial charge in [-0.15, -0.1) is 0 Å². The number of para-hydroxylation sites is 2. The molecule has 3 aromatic carbocycles. The van der Waals surface area contributed by atoms with Gasteiger partial charge in [0.1, 0.15) is 17.5 Å². The van der Waals surface area contributed by atoms with Crippen molar-refractivity contribution in [2.24, 2.45) is 0 Å². The van der Waals surface area contributed by atoms with Crippen LogP contribution in [-0.4, -0.2) is 47.1 Å². The van der Waals surface area contributed by atoms with E-state index >= 15 is 0 Å². The molecule has 0 saturated heterocycles. The van der Waals surface area contributed by atoms with Gasteiger partial charge in [-0.25, -0.2) is 14.8 Å². The number of esters is 2. The molecular formula is C30H29N3O6. The number of ether oxygens (including phenoxy) is 3. The Bertz CT molecular complexity index is 1440. The molecule has 0 aliphatic rings. The average molecular weight is 528 g/mol. The van der Waals surface area contributed by atoms with Crippen LogP contribution in [0.25, 0.3) is 22.3 Å². The van der Waals surface area contributed by atoms with Crippen LogP contribution in [0.15, 0.2) is 78.9 Å². The minimum absolute atomic E-state index is 0.0269. The van der Waals surface area contributed by atoms with Crippen molar-refractivity contribution in [2.75, 3.05) is 13.2 Å². The van der Waals surface area contributed by atoms with Gasteiger partial charge in [-0.2, -0.15) is 0 Å². The van der Waals surface area contributed by atoms with Gasteiger partial charge in [0.25, 0.3) is 5.91 Å². The van der Waals surface area contributed by atoms with Gasteiger partial charge < -0.3 is 19.5 Å². The molecule has 0 unspecified atom stereocenters. The van der Waals surface area contributed by atoms with Crippen molar-refractivity contribution in [2.45, 2.75) is 32.7 Å². The molecule has 200 valence electrons. The first-order chi connectivity index (χ1) is 19.0. The first-order valence-electron chi connectivity index (χ1n) is 12.7. The predicted molar refractivity (Wildman–Crippen MR) is 145 cm³/mol. The third kappa shape index (κ3) is 7.16. The Labute approximate surface area is 226 Å². The molecule has 0 spiro atoms. The molecule has 1 N–H and O–H groups in total. The highest BCUT2D eigenvalue weighted by Gasteiger charge is 2.24. The molecule has 0 aliphatic carbocycles. The number of amides is 1. The number of carbonyl (C=O) groups excluding carboxylic acids is 3. The van der Waals surface area contributed by atoms with Gasteiger partial charge in [0, 0.05) is 17.5 Å². The molecule has 4 rings (SSSR count). The molecule has 1 atom stereocenters. The second-order valence-corrected chi connectivity index (χ2v) is 8.48. The Hall–Kier alpha value is -4.79. The van der Waals surface area contributed by atoms with Crippen molar-refractivity contribution in [1.29, 1.82) is 0 Å². The monoisotopic (exact) mass is 527 g/mol. The zero-order valence-electron chi connectivity index (χ0n) is 21.8. The Kier molecular flexibility index (Phi) is 9.18. The molecule has 0 aliphatic heterocycles. The lowest BCUT2D eigenvalue weighted by atomic mass is 10.1. The molecule has 1 aromatic heterocycles. The number of nitrogens with zero attached hydrogens (tertiary/aromatic N) is 2. The van der Waals surface area contributed by atoms with E-state index in [4.69, 9.17) is 19.2 Å². The molecule has 4 aromatic rings. The summed E-state index contributed by atoms with van der Waals surface area (Å²) in [6.45, 7) is 3.76. The maximum atomic E-state index is 12.9. The molecule has 0 bridgehead atoms. The summed E-state index contributed by atoms with van der Waals surface area (Å²) in [6, 6.07) is 22.6. The Balaban J connectivity index is 1.51. The van der Waals surface area contributed by atoms with Crippen LogP contribution in [0.4, 0.5) is 0 Å². The molecule has 0 fully saturated rings. The van der Waals surface area contributed by atoms with Crippen molar-refractivity contribution in [3.8, 4) is 22.9 Å². The van der Waals surface area contributed by atoms with Gasteiger partial charge in [0.15, 0.2) is 0 Å². The van der Waals surface area contributed by atoms with Crippen LogP contribution in [0.1, 0.15) is 37.0 Å². The van der Waals surface area contributed by atoms with Crippen molar-refractivity contribution in [3.63, 3.8) is 0 Å². The van der Waals surface area contributed by atoms with Crippen LogP contribution in [0.3, 0.4) is 0 Å². The molecule has 1 heterocycles. The normalized spacial score (nSPS) is 11.4. The van der Waals surface area contributed by atoms with E-state index in [2.05, 4.69) is 10.3 Å². The summed E-state index contributed by atoms with van der Waals surface area (Å²) in [5.41, 5.74) is 3.19. The third-order valence-electron chi connectivity index (χ3n) is 5.74. The first kappa shape index (κ1) is 27.3. The molecule has 0 radical (unpaired) electrons. The molecule has 0 saturated carbocycles. The number of nitrogens with one attached hydrogen (secondary N) is 1. The quantitative estimate of drug-likeness (QED) is 0.268. The highest BCUT2D eigenvalue weighted by atomic mass is 16.5. The lowest BCUT2D eigenvalue weighted by molar-refractivity contribution is -0.146. The number of fused-ring (bicyclic) bond motifs is 1. The molecular weight excluding hydrogens is 498 g/mol. The number of rotatable bonds is 11. The average Bonchev–Trinajstić information content (AvgIpc) is 2.96. The predicted octanol–water partition coefficient (Wildman–Crippen LogP) is 5.09. The standard InChI is InChI=1S/C30H29N3O6/c1-3-37-26(34)19-18-25(30(36)38-4-2)32-28(35)21-14-16-22(17-15-21)39-29-27(20-10-6-5-7-11-20)31-23-12-8-9-13-24(23)33-29/h5-17,25H,3-4,18-19H2,1-2H3,(H,32,35)/t25-/m0/s1. The van der Waals surface area contributed by atoms with Crippen LogP contribution in [-0.2, 0) is 19.1 Å². The van der Waals surface area contributed by atoms with Crippen LogP contribution in [0.2, 0.25) is 0 Å². The van der Waals surface area contributed by atoms with E-state index in [0.717, 1.165) is 11.1 Å². The van der Waals surface area contributed by atoms with E-state index in [0.29, 0.717) is 28.4 Å². The number of aromatic nitrogens is 2. The van der Waals surface area contributed by atoms with Crippen molar-refractivity contribution < 1.29 is 28.6 Å². The molecule has 1 amide bonds. The third-order valence-corrected chi connectivity index (χ3v) is 5.74. The van der Waals surface area contributed by atoms with Crippen molar-refractivity contribution >= 4 is 28.9 Å². The van der Waals surface area contributed by atoms with E-state index in [1.807, 2.05) is 54.6 Å². The van der Waals surface area contributed by atoms with Gasteiger partial charge in [-0.05, 0) is 56.7 Å².